The van der Waals surface area contributed by atoms with Gasteiger partial charge in [-0.2, -0.15) is 5.26 Å². The SMILES string of the molecule is COCC(Nc1nc(Nc2cn(C)cn2)c(F)cc1C#N)c1ncc(F)cc1F. The fourth-order valence-corrected chi connectivity index (χ4v) is 2.57. The first-order valence-electron chi connectivity index (χ1n) is 8.33. The number of anilines is 3. The number of halogens is 3. The van der Waals surface area contributed by atoms with Crippen LogP contribution in [-0.4, -0.2) is 33.2 Å². The molecule has 0 aliphatic rings. The first-order valence-corrected chi connectivity index (χ1v) is 8.33. The largest absolute Gasteiger partial charge is 0.382 e. The number of hydrogen-bond donors (Lipinski definition) is 2. The predicted molar refractivity (Wildman–Crippen MR) is 97.8 cm³/mol. The second-order valence-corrected chi connectivity index (χ2v) is 6.05. The summed E-state index contributed by atoms with van der Waals surface area (Å²) in [6.45, 7) is -0.0670. The number of aromatic nitrogens is 4. The lowest BCUT2D eigenvalue weighted by Crippen LogP contribution is -2.21. The lowest BCUT2D eigenvalue weighted by Gasteiger charge is -2.20. The molecular weight excluding hydrogens is 387 g/mol. The third kappa shape index (κ3) is 4.61. The molecule has 0 saturated heterocycles. The number of ether oxygens (including phenoxy) is 1. The van der Waals surface area contributed by atoms with Gasteiger partial charge in [0.15, 0.2) is 11.6 Å². The van der Waals surface area contributed by atoms with E-state index in [0.29, 0.717) is 11.9 Å². The summed E-state index contributed by atoms with van der Waals surface area (Å²) >= 11 is 0. The van der Waals surface area contributed by atoms with Gasteiger partial charge in [-0.1, -0.05) is 0 Å². The van der Waals surface area contributed by atoms with Crippen molar-refractivity contribution in [2.24, 2.45) is 7.05 Å². The molecule has 3 aromatic heterocycles. The Bertz CT molecular complexity index is 1060. The number of hydrogen-bond acceptors (Lipinski definition) is 7. The van der Waals surface area contributed by atoms with Gasteiger partial charge in [-0.05, 0) is 6.07 Å². The third-order valence-corrected chi connectivity index (χ3v) is 3.86. The van der Waals surface area contributed by atoms with E-state index in [1.54, 1.807) is 17.8 Å². The quantitative estimate of drug-likeness (QED) is 0.625. The van der Waals surface area contributed by atoms with Crippen molar-refractivity contribution in [2.75, 3.05) is 24.4 Å². The summed E-state index contributed by atoms with van der Waals surface area (Å²) in [7, 11) is 3.13. The Morgan fingerprint density at radius 1 is 1.21 bits per heavy atom. The number of nitrogens with one attached hydrogen (secondary N) is 2. The molecule has 150 valence electrons. The number of imidazole rings is 1. The van der Waals surface area contributed by atoms with Gasteiger partial charge in [-0.3, -0.25) is 4.98 Å². The minimum Gasteiger partial charge on any atom is -0.382 e. The minimum atomic E-state index is -0.909. The second kappa shape index (κ2) is 8.57. The van der Waals surface area contributed by atoms with Crippen LogP contribution >= 0.6 is 0 Å². The van der Waals surface area contributed by atoms with Crippen molar-refractivity contribution in [3.05, 3.63) is 59.6 Å². The van der Waals surface area contributed by atoms with Crippen LogP contribution in [0.5, 0.6) is 0 Å². The number of nitrogens with zero attached hydrogens (tertiary/aromatic N) is 5. The fraction of sp³-hybridized carbons (Fsp3) is 0.222. The zero-order valence-electron chi connectivity index (χ0n) is 15.4. The number of rotatable bonds is 7. The Morgan fingerprint density at radius 2 is 2.00 bits per heavy atom. The van der Waals surface area contributed by atoms with Crippen LogP contribution in [0.3, 0.4) is 0 Å². The maximum absolute atomic E-state index is 14.3. The average Bonchev–Trinajstić information content (AvgIpc) is 3.08. The smallest absolute Gasteiger partial charge is 0.170 e. The lowest BCUT2D eigenvalue weighted by molar-refractivity contribution is 0.183. The molecule has 0 bridgehead atoms. The summed E-state index contributed by atoms with van der Waals surface area (Å²) in [5, 5.41) is 14.9. The van der Waals surface area contributed by atoms with Crippen LogP contribution < -0.4 is 10.6 Å². The molecule has 3 rings (SSSR count). The van der Waals surface area contributed by atoms with E-state index in [-0.39, 0.29) is 29.5 Å². The van der Waals surface area contributed by atoms with E-state index in [0.717, 1.165) is 12.3 Å². The van der Waals surface area contributed by atoms with Gasteiger partial charge in [0.1, 0.15) is 35.0 Å². The van der Waals surface area contributed by atoms with Crippen molar-refractivity contribution in [3.8, 4) is 6.07 Å². The molecule has 1 unspecified atom stereocenters. The summed E-state index contributed by atoms with van der Waals surface area (Å²) < 4.78 is 48.4. The van der Waals surface area contributed by atoms with Crippen LogP contribution in [0.2, 0.25) is 0 Å². The number of pyridine rings is 2. The van der Waals surface area contributed by atoms with Crippen molar-refractivity contribution >= 4 is 17.5 Å². The summed E-state index contributed by atoms with van der Waals surface area (Å²) in [6.07, 6.45) is 3.98. The summed E-state index contributed by atoms with van der Waals surface area (Å²) in [6, 6.07) is 2.59. The van der Waals surface area contributed by atoms with Crippen LogP contribution in [0.25, 0.3) is 0 Å². The van der Waals surface area contributed by atoms with E-state index in [2.05, 4.69) is 25.6 Å². The minimum absolute atomic E-state index is 0.0279. The molecule has 0 saturated carbocycles. The van der Waals surface area contributed by atoms with Crippen molar-refractivity contribution in [1.29, 1.82) is 5.26 Å². The molecule has 0 fully saturated rings. The molecule has 8 nitrogen and oxygen atoms in total. The van der Waals surface area contributed by atoms with E-state index >= 15 is 0 Å². The van der Waals surface area contributed by atoms with Crippen molar-refractivity contribution in [3.63, 3.8) is 0 Å². The summed E-state index contributed by atoms with van der Waals surface area (Å²) in [4.78, 5) is 11.9. The standard InChI is InChI=1S/C18H16F3N7O/c1-28-7-15(24-9-28)26-18-13(21)3-10(5-22)17(27-18)25-14(8-29-2)16-12(20)4-11(19)6-23-16/h3-4,6-7,9,14H,8H2,1-2H3,(H2,25,26,27). The molecule has 0 radical (unpaired) electrons. The molecule has 0 spiro atoms. The Labute approximate surface area is 164 Å². The van der Waals surface area contributed by atoms with Gasteiger partial charge in [-0.25, -0.2) is 23.1 Å². The molecule has 2 N–H and O–H groups in total. The van der Waals surface area contributed by atoms with Gasteiger partial charge in [0.05, 0.1) is 30.7 Å². The summed E-state index contributed by atoms with van der Waals surface area (Å²) in [5.41, 5.74) is -0.250. The molecule has 0 aliphatic heterocycles. The van der Waals surface area contributed by atoms with Crippen LogP contribution in [-0.2, 0) is 11.8 Å². The number of aryl methyl sites for hydroxylation is 1. The maximum atomic E-state index is 14.3. The molecule has 0 aromatic carbocycles. The van der Waals surface area contributed by atoms with Gasteiger partial charge < -0.3 is 19.9 Å². The van der Waals surface area contributed by atoms with Gasteiger partial charge in [0.25, 0.3) is 0 Å². The third-order valence-electron chi connectivity index (χ3n) is 3.86. The Kier molecular flexibility index (Phi) is 5.94. The van der Waals surface area contributed by atoms with Crippen LogP contribution in [0.15, 0.2) is 30.9 Å². The molecule has 3 aromatic rings. The molecule has 0 aliphatic carbocycles. The van der Waals surface area contributed by atoms with Crippen molar-refractivity contribution in [2.45, 2.75) is 6.04 Å². The molecule has 29 heavy (non-hydrogen) atoms. The molecule has 0 amide bonds. The molecule has 11 heteroatoms. The highest BCUT2D eigenvalue weighted by Gasteiger charge is 2.22. The second-order valence-electron chi connectivity index (χ2n) is 6.05. The van der Waals surface area contributed by atoms with E-state index in [1.165, 1.54) is 13.4 Å². The zero-order chi connectivity index (χ0) is 21.0. The normalized spacial score (nSPS) is 11.7. The van der Waals surface area contributed by atoms with Gasteiger partial charge in [-0.15, -0.1) is 0 Å². The topological polar surface area (TPSA) is 101 Å². The average molecular weight is 403 g/mol. The van der Waals surface area contributed by atoms with Crippen LogP contribution in [0, 0.1) is 28.8 Å². The fourth-order valence-electron chi connectivity index (χ4n) is 2.57. The van der Waals surface area contributed by atoms with Crippen LogP contribution in [0.4, 0.5) is 30.6 Å². The van der Waals surface area contributed by atoms with E-state index in [4.69, 9.17) is 4.74 Å². The molecule has 1 atom stereocenters. The zero-order valence-corrected chi connectivity index (χ0v) is 15.4. The lowest BCUT2D eigenvalue weighted by atomic mass is 10.1. The van der Waals surface area contributed by atoms with Crippen molar-refractivity contribution < 1.29 is 17.9 Å². The number of methoxy groups -OCH3 is 1. The summed E-state index contributed by atoms with van der Waals surface area (Å²) in [5.74, 6) is -2.37. The monoisotopic (exact) mass is 403 g/mol. The molecular formula is C18H16F3N7O. The van der Waals surface area contributed by atoms with E-state index in [1.807, 2.05) is 6.07 Å². The maximum Gasteiger partial charge on any atom is 0.170 e. The van der Waals surface area contributed by atoms with Gasteiger partial charge in [0, 0.05) is 26.4 Å². The highest BCUT2D eigenvalue weighted by molar-refractivity contribution is 5.61. The highest BCUT2D eigenvalue weighted by Crippen LogP contribution is 2.26. The van der Waals surface area contributed by atoms with Crippen LogP contribution in [0.1, 0.15) is 17.3 Å². The Balaban J connectivity index is 1.96. The van der Waals surface area contributed by atoms with E-state index < -0.39 is 23.5 Å². The Hall–Kier alpha value is -3.65. The first kappa shape index (κ1) is 20.1. The van der Waals surface area contributed by atoms with Gasteiger partial charge in [0.2, 0.25) is 0 Å². The predicted octanol–water partition coefficient (Wildman–Crippen LogP) is 3.04. The Morgan fingerprint density at radius 3 is 2.62 bits per heavy atom. The van der Waals surface area contributed by atoms with E-state index in [9.17, 15) is 18.4 Å². The highest BCUT2D eigenvalue weighted by atomic mass is 19.1. The first-order chi connectivity index (χ1) is 13.9. The van der Waals surface area contributed by atoms with Crippen molar-refractivity contribution in [1.82, 2.24) is 19.5 Å². The molecule has 3 heterocycles. The number of nitriles is 1. The van der Waals surface area contributed by atoms with Gasteiger partial charge >= 0.3 is 0 Å².